The molecule has 1 aliphatic rings. The molecule has 2 aromatic rings. The number of ether oxygens (including phenoxy) is 1. The van der Waals surface area contributed by atoms with Gasteiger partial charge in [0.2, 0.25) is 0 Å². The van der Waals surface area contributed by atoms with E-state index in [1.807, 2.05) is 24.3 Å². The minimum Gasteiger partial charge on any atom is -0.472 e. The maximum Gasteiger partial charge on any atom is 0.161 e. The first-order chi connectivity index (χ1) is 9.69. The zero-order chi connectivity index (χ0) is 14.1. The van der Waals surface area contributed by atoms with Crippen LogP contribution in [0.5, 0.6) is 5.75 Å². The number of nitriles is 1. The highest BCUT2D eigenvalue weighted by Gasteiger charge is 2.21. The van der Waals surface area contributed by atoms with Crippen molar-refractivity contribution < 1.29 is 4.74 Å². The molecule has 3 rings (SSSR count). The van der Waals surface area contributed by atoms with Crippen molar-refractivity contribution in [1.82, 2.24) is 0 Å². The van der Waals surface area contributed by atoms with Crippen molar-refractivity contribution in [3.63, 3.8) is 0 Å². The monoisotopic (exact) mass is 264 g/mol. The summed E-state index contributed by atoms with van der Waals surface area (Å²) in [5.41, 5.74) is 5.21. The van der Waals surface area contributed by atoms with Crippen LogP contribution >= 0.6 is 0 Å². The third-order valence-electron chi connectivity index (χ3n) is 3.59. The first kappa shape index (κ1) is 12.6. The number of nitrogens with zero attached hydrogens (tertiary/aromatic N) is 2. The molecule has 100 valence electrons. The Hall–Kier alpha value is -2.47. The van der Waals surface area contributed by atoms with Crippen LogP contribution in [0.4, 0.5) is 5.69 Å². The second-order valence-electron chi connectivity index (χ2n) is 5.17. The van der Waals surface area contributed by atoms with Gasteiger partial charge in [0.05, 0.1) is 11.3 Å². The minimum absolute atomic E-state index is 0.482. The number of benzene rings is 2. The number of hydrogen-bond donors (Lipinski definition) is 0. The lowest BCUT2D eigenvalue weighted by Gasteiger charge is -2.32. The summed E-state index contributed by atoms with van der Waals surface area (Å²) in [6, 6.07) is 14.2. The van der Waals surface area contributed by atoms with Crippen LogP contribution in [0.25, 0.3) is 0 Å². The molecule has 0 bridgehead atoms. The van der Waals surface area contributed by atoms with Gasteiger partial charge in [-0.2, -0.15) is 5.26 Å². The maximum absolute atomic E-state index is 9.22. The van der Waals surface area contributed by atoms with E-state index < -0.39 is 0 Å². The summed E-state index contributed by atoms with van der Waals surface area (Å²) in [6.07, 6.45) is 0. The van der Waals surface area contributed by atoms with Crippen LogP contribution in [0.2, 0.25) is 0 Å². The third-order valence-corrected chi connectivity index (χ3v) is 3.59. The molecule has 0 spiro atoms. The lowest BCUT2D eigenvalue weighted by Crippen LogP contribution is -2.32. The lowest BCUT2D eigenvalue weighted by atomic mass is 10.0. The molecule has 1 heterocycles. The zero-order valence-corrected chi connectivity index (χ0v) is 11.7. The van der Waals surface area contributed by atoms with Gasteiger partial charge in [0.15, 0.2) is 6.73 Å². The van der Waals surface area contributed by atoms with Crippen LogP contribution in [0.15, 0.2) is 36.4 Å². The number of fused-ring (bicyclic) bond motifs is 1. The van der Waals surface area contributed by atoms with E-state index in [0.29, 0.717) is 12.3 Å². The fourth-order valence-corrected chi connectivity index (χ4v) is 2.76. The van der Waals surface area contributed by atoms with E-state index in [0.717, 1.165) is 18.0 Å². The number of hydrogen-bond acceptors (Lipinski definition) is 3. The summed E-state index contributed by atoms with van der Waals surface area (Å²) in [5.74, 6) is 0.987. The fraction of sp³-hybridized carbons (Fsp3) is 0.235. The number of rotatable bonds is 1. The first-order valence-electron chi connectivity index (χ1n) is 6.66. The second kappa shape index (κ2) is 4.90. The van der Waals surface area contributed by atoms with Crippen LogP contribution in [0.1, 0.15) is 22.3 Å². The van der Waals surface area contributed by atoms with Gasteiger partial charge in [-0.3, -0.25) is 0 Å². The molecule has 2 aromatic carbocycles. The molecular formula is C17H16N2O. The molecule has 0 aliphatic carbocycles. The average molecular weight is 264 g/mol. The molecule has 0 aromatic heterocycles. The molecule has 0 unspecified atom stereocenters. The maximum atomic E-state index is 9.22. The van der Waals surface area contributed by atoms with Crippen molar-refractivity contribution in [1.29, 1.82) is 5.26 Å². The molecule has 1 aliphatic heterocycles. The molecule has 0 fully saturated rings. The van der Waals surface area contributed by atoms with Gasteiger partial charge in [0.25, 0.3) is 0 Å². The molecule has 0 atom stereocenters. The van der Waals surface area contributed by atoms with Gasteiger partial charge in [-0.05, 0) is 31.5 Å². The van der Waals surface area contributed by atoms with E-state index in [2.05, 4.69) is 36.9 Å². The van der Waals surface area contributed by atoms with Gasteiger partial charge in [-0.15, -0.1) is 0 Å². The minimum atomic E-state index is 0.482. The highest BCUT2D eigenvalue weighted by Crippen LogP contribution is 2.33. The molecule has 0 amide bonds. The molecule has 3 heteroatoms. The second-order valence-corrected chi connectivity index (χ2v) is 5.17. The van der Waals surface area contributed by atoms with Crippen molar-refractivity contribution in [3.8, 4) is 11.8 Å². The van der Waals surface area contributed by atoms with Crippen molar-refractivity contribution in [2.75, 3.05) is 11.6 Å². The number of para-hydroxylation sites is 1. The molecular weight excluding hydrogens is 248 g/mol. The Labute approximate surface area is 119 Å². The molecule has 0 N–H and O–H groups in total. The summed E-state index contributed by atoms with van der Waals surface area (Å²) in [6.45, 7) is 5.42. The summed E-state index contributed by atoms with van der Waals surface area (Å²) in [4.78, 5) is 2.10. The predicted octanol–water partition coefficient (Wildman–Crippen LogP) is 3.53. The van der Waals surface area contributed by atoms with Crippen molar-refractivity contribution >= 4 is 5.69 Å². The Balaban J connectivity index is 1.99. The summed E-state index contributed by atoms with van der Waals surface area (Å²) < 4.78 is 5.89. The molecule has 20 heavy (non-hydrogen) atoms. The van der Waals surface area contributed by atoms with Crippen LogP contribution in [0.3, 0.4) is 0 Å². The van der Waals surface area contributed by atoms with Crippen molar-refractivity contribution in [3.05, 3.63) is 58.7 Å². The molecule has 3 nitrogen and oxygen atoms in total. The SMILES string of the molecule is Cc1cc(C)c2c(c1)CN(c1ccccc1C#N)CO2. The highest BCUT2D eigenvalue weighted by molar-refractivity contribution is 5.61. The third kappa shape index (κ3) is 2.10. The quantitative estimate of drug-likeness (QED) is 0.790. The standard InChI is InChI=1S/C17H16N2O/c1-12-7-13(2)17-15(8-12)10-19(11-20-17)16-6-4-3-5-14(16)9-18/h3-8H,10-11H2,1-2H3. The Morgan fingerprint density at radius 3 is 2.80 bits per heavy atom. The zero-order valence-electron chi connectivity index (χ0n) is 11.7. The van der Waals surface area contributed by atoms with Crippen LogP contribution in [0, 0.1) is 25.2 Å². The summed E-state index contributed by atoms with van der Waals surface area (Å²) in [7, 11) is 0. The van der Waals surface area contributed by atoms with Gasteiger partial charge in [-0.1, -0.05) is 29.8 Å². The van der Waals surface area contributed by atoms with Crippen molar-refractivity contribution in [2.24, 2.45) is 0 Å². The normalized spacial score (nSPS) is 13.3. The van der Waals surface area contributed by atoms with E-state index in [1.54, 1.807) is 0 Å². The van der Waals surface area contributed by atoms with Crippen molar-refractivity contribution in [2.45, 2.75) is 20.4 Å². The fourth-order valence-electron chi connectivity index (χ4n) is 2.76. The first-order valence-corrected chi connectivity index (χ1v) is 6.66. The largest absolute Gasteiger partial charge is 0.472 e. The van der Waals surface area contributed by atoms with Gasteiger partial charge in [0.1, 0.15) is 11.8 Å². The van der Waals surface area contributed by atoms with Gasteiger partial charge in [0, 0.05) is 12.1 Å². The molecule has 0 saturated carbocycles. The van der Waals surface area contributed by atoms with E-state index in [4.69, 9.17) is 4.74 Å². The molecule has 0 radical (unpaired) electrons. The van der Waals surface area contributed by atoms with Crippen LogP contribution in [-0.4, -0.2) is 6.73 Å². The van der Waals surface area contributed by atoms with Crippen LogP contribution in [-0.2, 0) is 6.54 Å². The smallest absolute Gasteiger partial charge is 0.161 e. The Kier molecular flexibility index (Phi) is 3.08. The Morgan fingerprint density at radius 2 is 2.00 bits per heavy atom. The highest BCUT2D eigenvalue weighted by atomic mass is 16.5. The van der Waals surface area contributed by atoms with Gasteiger partial charge < -0.3 is 9.64 Å². The Bertz CT molecular complexity index is 701. The summed E-state index contributed by atoms with van der Waals surface area (Å²) in [5, 5.41) is 9.22. The Morgan fingerprint density at radius 1 is 1.20 bits per heavy atom. The number of aryl methyl sites for hydroxylation is 2. The van der Waals surface area contributed by atoms with Gasteiger partial charge >= 0.3 is 0 Å². The van der Waals surface area contributed by atoms with Crippen LogP contribution < -0.4 is 9.64 Å². The van der Waals surface area contributed by atoms with E-state index in [9.17, 15) is 5.26 Å². The topological polar surface area (TPSA) is 36.3 Å². The van der Waals surface area contributed by atoms with E-state index >= 15 is 0 Å². The summed E-state index contributed by atoms with van der Waals surface area (Å²) >= 11 is 0. The van der Waals surface area contributed by atoms with E-state index in [1.165, 1.54) is 16.7 Å². The van der Waals surface area contributed by atoms with E-state index in [-0.39, 0.29) is 0 Å². The predicted molar refractivity (Wildman–Crippen MR) is 78.8 cm³/mol. The van der Waals surface area contributed by atoms with Gasteiger partial charge in [-0.25, -0.2) is 0 Å². The number of anilines is 1. The molecule has 0 saturated heterocycles. The lowest BCUT2D eigenvalue weighted by molar-refractivity contribution is 0.287. The average Bonchev–Trinajstić information content (AvgIpc) is 2.46.